The van der Waals surface area contributed by atoms with Crippen LogP contribution in [0.25, 0.3) is 0 Å². The molecule has 0 fully saturated rings. The fourth-order valence-corrected chi connectivity index (χ4v) is 0. The summed E-state index contributed by atoms with van der Waals surface area (Å²) in [5.74, 6) is 0. The predicted octanol–water partition coefficient (Wildman–Crippen LogP) is 0.387. The number of aliphatic hydroxyl groups is 1. The third kappa shape index (κ3) is 31.9. The second-order valence-electron chi connectivity index (χ2n) is 1.09. The zero-order valence-electron chi connectivity index (χ0n) is 3.60. The maximum atomic E-state index is 8.06. The van der Waals surface area contributed by atoms with E-state index in [1.54, 1.807) is 13.8 Å². The van der Waals surface area contributed by atoms with Gasteiger partial charge in [0.05, 0.1) is 0 Å². The van der Waals surface area contributed by atoms with Crippen molar-refractivity contribution in [3.8, 4) is 0 Å². The van der Waals surface area contributed by atoms with Crippen molar-refractivity contribution in [3.63, 3.8) is 0 Å². The van der Waals surface area contributed by atoms with Crippen molar-refractivity contribution in [2.75, 3.05) is 0 Å². The molecule has 0 amide bonds. The van der Waals surface area contributed by atoms with Gasteiger partial charge in [-0.2, -0.15) is 0 Å². The zero-order chi connectivity index (χ0) is 3.58. The third-order valence-corrected chi connectivity index (χ3v) is 0. The molecular weight excluding hydrogens is 387 g/mol. The molecule has 0 saturated heterocycles. The van der Waals surface area contributed by atoms with E-state index in [1.165, 1.54) is 0 Å². The van der Waals surface area contributed by atoms with Gasteiger partial charge in [-0.25, -0.2) is 0 Å². The molecule has 0 rings (SSSR count). The van der Waals surface area contributed by atoms with E-state index in [1.807, 2.05) is 0 Å². The summed E-state index contributed by atoms with van der Waals surface area (Å²) < 4.78 is 0. The minimum absolute atomic E-state index is 0. The van der Waals surface area contributed by atoms with Crippen LogP contribution in [-0.4, -0.2) is 11.2 Å². The standard InChI is InChI=1S/C3H8O.2Er/c1-3(2)4;;/h3-4H,1-2H3;;. The number of aliphatic hydroxyl groups excluding tert-OH is 1. The van der Waals surface area contributed by atoms with Crippen LogP contribution in [0.15, 0.2) is 0 Å². The fourth-order valence-electron chi connectivity index (χ4n) is 0. The molecule has 50 valence electrons. The van der Waals surface area contributed by atoms with E-state index < -0.39 is 0 Å². The number of hydrogen-bond acceptors (Lipinski definition) is 1. The summed E-state index contributed by atoms with van der Waals surface area (Å²) in [5.41, 5.74) is 0. The molecule has 0 aliphatic rings. The molecule has 0 heterocycles. The van der Waals surface area contributed by atoms with Crippen LogP contribution in [0.3, 0.4) is 0 Å². The quantitative estimate of drug-likeness (QED) is 0.630. The van der Waals surface area contributed by atoms with Crippen LogP contribution in [0, 0.1) is 74.6 Å². The van der Waals surface area contributed by atoms with E-state index in [2.05, 4.69) is 0 Å². The monoisotopic (exact) mass is 392 g/mol. The Morgan fingerprint density at radius 3 is 1.17 bits per heavy atom. The SMILES string of the molecule is CC(C)O.[Er].[Er]. The maximum absolute atomic E-state index is 8.06. The van der Waals surface area contributed by atoms with Gasteiger partial charge in [-0.05, 0) is 13.8 Å². The van der Waals surface area contributed by atoms with Crippen molar-refractivity contribution in [2.45, 2.75) is 20.0 Å². The Morgan fingerprint density at radius 2 is 1.17 bits per heavy atom. The van der Waals surface area contributed by atoms with Crippen LogP contribution in [0.2, 0.25) is 0 Å². The molecule has 0 aromatic heterocycles. The van der Waals surface area contributed by atoms with Crippen LogP contribution >= 0.6 is 0 Å². The average molecular weight is 395 g/mol. The molecule has 1 nitrogen and oxygen atoms in total. The molecule has 0 aliphatic heterocycles. The topological polar surface area (TPSA) is 20.2 Å². The summed E-state index contributed by atoms with van der Waals surface area (Å²) in [6.07, 6.45) is -0.167. The number of hydrogen-bond donors (Lipinski definition) is 1. The van der Waals surface area contributed by atoms with Crippen LogP contribution in [0.4, 0.5) is 0 Å². The molecule has 3 heteroatoms. The molecule has 0 aromatic carbocycles. The van der Waals surface area contributed by atoms with Crippen molar-refractivity contribution in [3.05, 3.63) is 0 Å². The molecule has 1 N–H and O–H groups in total. The minimum atomic E-state index is -0.167. The molecule has 0 radical (unpaired) electrons. The Morgan fingerprint density at radius 1 is 1.17 bits per heavy atom. The van der Waals surface area contributed by atoms with E-state index in [4.69, 9.17) is 5.11 Å². The maximum Gasteiger partial charge on any atom is 0.0483 e. The second-order valence-corrected chi connectivity index (χ2v) is 1.09. The molecule has 6 heavy (non-hydrogen) atoms. The van der Waals surface area contributed by atoms with Gasteiger partial charge in [-0.1, -0.05) is 0 Å². The van der Waals surface area contributed by atoms with Crippen molar-refractivity contribution in [2.24, 2.45) is 0 Å². The van der Waals surface area contributed by atoms with Gasteiger partial charge in [0.15, 0.2) is 0 Å². The van der Waals surface area contributed by atoms with E-state index >= 15 is 0 Å². The Hall–Kier alpha value is 2.45. The fraction of sp³-hybridized carbons (Fsp3) is 1.00. The Kier molecular flexibility index (Phi) is 27.5. The predicted molar refractivity (Wildman–Crippen MR) is 17.4 cm³/mol. The Labute approximate surface area is 97.7 Å². The third-order valence-electron chi connectivity index (χ3n) is 0. The van der Waals surface area contributed by atoms with Gasteiger partial charge in [0.2, 0.25) is 0 Å². The molecular formula is C3H8Er2O. The number of rotatable bonds is 0. The van der Waals surface area contributed by atoms with Gasteiger partial charge in [0.25, 0.3) is 0 Å². The van der Waals surface area contributed by atoms with Crippen LogP contribution in [0.5, 0.6) is 0 Å². The van der Waals surface area contributed by atoms with Gasteiger partial charge >= 0.3 is 0 Å². The first-order chi connectivity index (χ1) is 1.73. The first-order valence-electron chi connectivity index (χ1n) is 1.41. The second kappa shape index (κ2) is 10.4. The molecule has 0 bridgehead atoms. The zero-order valence-corrected chi connectivity index (χ0v) is 7.31. The van der Waals surface area contributed by atoms with Crippen molar-refractivity contribution < 1.29 is 79.7 Å². The van der Waals surface area contributed by atoms with E-state index in [0.717, 1.165) is 0 Å². The van der Waals surface area contributed by atoms with Gasteiger partial charge in [0, 0.05) is 80.7 Å². The summed E-state index contributed by atoms with van der Waals surface area (Å²) in [6, 6.07) is 0. The summed E-state index contributed by atoms with van der Waals surface area (Å²) >= 11 is 0. The minimum Gasteiger partial charge on any atom is -0.394 e. The first kappa shape index (κ1) is 15.8. The van der Waals surface area contributed by atoms with Gasteiger partial charge < -0.3 is 5.11 Å². The van der Waals surface area contributed by atoms with Crippen molar-refractivity contribution >= 4 is 0 Å². The van der Waals surface area contributed by atoms with E-state index in [-0.39, 0.29) is 80.7 Å². The Balaban J connectivity index is -0.0000000450. The normalized spacial score (nSPS) is 6.00. The summed E-state index contributed by atoms with van der Waals surface area (Å²) in [4.78, 5) is 0. The average Bonchev–Trinajstić information content (AvgIpc) is 0.811. The largest absolute Gasteiger partial charge is 0.394 e. The Bertz CT molecular complexity index is 13.5. The van der Waals surface area contributed by atoms with E-state index in [0.29, 0.717) is 0 Å². The van der Waals surface area contributed by atoms with Gasteiger partial charge in [-0.3, -0.25) is 0 Å². The smallest absolute Gasteiger partial charge is 0.0483 e. The molecule has 0 aromatic rings. The van der Waals surface area contributed by atoms with Crippen molar-refractivity contribution in [1.29, 1.82) is 0 Å². The van der Waals surface area contributed by atoms with E-state index in [9.17, 15) is 0 Å². The van der Waals surface area contributed by atoms with Crippen molar-refractivity contribution in [1.82, 2.24) is 0 Å². The summed E-state index contributed by atoms with van der Waals surface area (Å²) in [5, 5.41) is 8.06. The first-order valence-corrected chi connectivity index (χ1v) is 1.41. The van der Waals surface area contributed by atoms with Gasteiger partial charge in [-0.15, -0.1) is 0 Å². The molecule has 0 saturated carbocycles. The van der Waals surface area contributed by atoms with Crippen LogP contribution in [0.1, 0.15) is 13.8 Å². The van der Waals surface area contributed by atoms with Crippen LogP contribution in [-0.2, 0) is 0 Å². The summed E-state index contributed by atoms with van der Waals surface area (Å²) in [6.45, 7) is 3.44. The van der Waals surface area contributed by atoms with Crippen LogP contribution < -0.4 is 0 Å². The summed E-state index contributed by atoms with van der Waals surface area (Å²) in [7, 11) is 0. The molecule has 0 aliphatic carbocycles. The molecule has 0 spiro atoms. The van der Waals surface area contributed by atoms with Gasteiger partial charge in [0.1, 0.15) is 0 Å². The molecule has 0 atom stereocenters. The molecule has 0 unspecified atom stereocenters.